The highest BCUT2D eigenvalue weighted by Gasteiger charge is 2.54. The highest BCUT2D eigenvalue weighted by Crippen LogP contribution is 2.45. The number of rotatable bonds is 5. The van der Waals surface area contributed by atoms with Crippen LogP contribution in [0.4, 0.5) is 0 Å². The molecule has 1 aliphatic rings. The van der Waals surface area contributed by atoms with Crippen LogP contribution in [-0.4, -0.2) is 34.5 Å². The molecule has 1 rings (SSSR count). The summed E-state index contributed by atoms with van der Waals surface area (Å²) in [7, 11) is 0. The van der Waals surface area contributed by atoms with E-state index in [1.165, 1.54) is 4.90 Å². The van der Waals surface area contributed by atoms with Gasteiger partial charge in [-0.15, -0.1) is 0 Å². The zero-order valence-corrected chi connectivity index (χ0v) is 9.56. The van der Waals surface area contributed by atoms with E-state index >= 15 is 0 Å². The molecule has 15 heavy (non-hydrogen) atoms. The van der Waals surface area contributed by atoms with Crippen molar-refractivity contribution >= 4 is 12.4 Å². The first-order valence-electron chi connectivity index (χ1n) is 5.43. The molecule has 1 amide bonds. The first-order valence-corrected chi connectivity index (χ1v) is 5.43. The normalized spacial score (nSPS) is 29.7. The minimum absolute atomic E-state index is 0.426. The molecule has 1 N–H and O–H groups in total. The molecule has 0 aliphatic heterocycles. The van der Waals surface area contributed by atoms with E-state index in [1.807, 2.05) is 6.92 Å². The van der Waals surface area contributed by atoms with E-state index in [0.29, 0.717) is 37.6 Å². The van der Waals surface area contributed by atoms with Gasteiger partial charge in [0.05, 0.1) is 0 Å². The van der Waals surface area contributed by atoms with Gasteiger partial charge in [-0.25, -0.2) is 4.79 Å². The van der Waals surface area contributed by atoms with Gasteiger partial charge < -0.3 is 10.0 Å². The summed E-state index contributed by atoms with van der Waals surface area (Å²) in [5.41, 5.74) is -0.925. The number of carboxylic acids is 1. The van der Waals surface area contributed by atoms with Crippen LogP contribution >= 0.6 is 0 Å². The molecular formula is C11H19NO3. The lowest BCUT2D eigenvalue weighted by Gasteiger charge is -2.51. The van der Waals surface area contributed by atoms with Gasteiger partial charge in [0.2, 0.25) is 6.41 Å². The van der Waals surface area contributed by atoms with Crippen LogP contribution in [0.2, 0.25) is 0 Å². The second-order valence-electron chi connectivity index (χ2n) is 4.64. The van der Waals surface area contributed by atoms with Crippen LogP contribution in [0.1, 0.15) is 33.6 Å². The fourth-order valence-electron chi connectivity index (χ4n) is 2.29. The lowest BCUT2D eigenvalue weighted by Crippen LogP contribution is -2.62. The second kappa shape index (κ2) is 4.21. The topological polar surface area (TPSA) is 57.6 Å². The van der Waals surface area contributed by atoms with Crippen molar-refractivity contribution < 1.29 is 14.7 Å². The standard InChI is InChI=1S/C11H19NO3/c1-4-12(7-13)11(10(14)15)5-9(6-11)8(2)3/h7-9H,4-6H2,1-3H3,(H,14,15). The molecule has 86 valence electrons. The molecule has 0 atom stereocenters. The SMILES string of the molecule is CCN(C=O)C1(C(=O)O)CC(C(C)C)C1. The van der Waals surface area contributed by atoms with Crippen LogP contribution in [0.15, 0.2) is 0 Å². The van der Waals surface area contributed by atoms with E-state index < -0.39 is 11.5 Å². The molecule has 0 bridgehead atoms. The van der Waals surface area contributed by atoms with Crippen LogP contribution in [0.3, 0.4) is 0 Å². The Bertz CT molecular complexity index is 257. The third kappa shape index (κ3) is 1.85. The molecule has 1 fully saturated rings. The molecule has 0 heterocycles. The number of aliphatic carboxylic acids is 1. The van der Waals surface area contributed by atoms with Gasteiger partial charge in [0, 0.05) is 6.54 Å². The van der Waals surface area contributed by atoms with Crippen molar-refractivity contribution in [1.29, 1.82) is 0 Å². The number of likely N-dealkylation sites (N-methyl/N-ethyl adjacent to an activating group) is 1. The summed E-state index contributed by atoms with van der Waals surface area (Å²) in [6.45, 7) is 6.45. The van der Waals surface area contributed by atoms with Crippen molar-refractivity contribution in [2.75, 3.05) is 6.54 Å². The van der Waals surface area contributed by atoms with Gasteiger partial charge in [-0.1, -0.05) is 13.8 Å². The van der Waals surface area contributed by atoms with Crippen molar-refractivity contribution in [1.82, 2.24) is 4.90 Å². The number of amides is 1. The van der Waals surface area contributed by atoms with Crippen LogP contribution in [-0.2, 0) is 9.59 Å². The Morgan fingerprint density at radius 3 is 2.40 bits per heavy atom. The van der Waals surface area contributed by atoms with Crippen LogP contribution < -0.4 is 0 Å². The maximum Gasteiger partial charge on any atom is 0.329 e. The molecular weight excluding hydrogens is 194 g/mol. The van der Waals surface area contributed by atoms with Gasteiger partial charge in [-0.2, -0.15) is 0 Å². The van der Waals surface area contributed by atoms with E-state index in [0.717, 1.165) is 0 Å². The van der Waals surface area contributed by atoms with E-state index in [-0.39, 0.29) is 0 Å². The Morgan fingerprint density at radius 2 is 2.13 bits per heavy atom. The summed E-state index contributed by atoms with van der Waals surface area (Å²) in [5, 5.41) is 9.22. The quantitative estimate of drug-likeness (QED) is 0.701. The Hall–Kier alpha value is -1.06. The van der Waals surface area contributed by atoms with Gasteiger partial charge >= 0.3 is 5.97 Å². The lowest BCUT2D eigenvalue weighted by atomic mass is 9.63. The average molecular weight is 213 g/mol. The second-order valence-corrected chi connectivity index (χ2v) is 4.64. The molecule has 1 aliphatic carbocycles. The van der Waals surface area contributed by atoms with Crippen LogP contribution in [0.5, 0.6) is 0 Å². The Balaban J connectivity index is 2.77. The van der Waals surface area contributed by atoms with E-state index in [1.54, 1.807) is 0 Å². The summed E-state index contributed by atoms with van der Waals surface area (Å²) in [4.78, 5) is 23.5. The van der Waals surface area contributed by atoms with E-state index in [2.05, 4.69) is 13.8 Å². The molecule has 4 heteroatoms. The first kappa shape index (κ1) is 12.0. The van der Waals surface area contributed by atoms with Crippen molar-refractivity contribution in [3.8, 4) is 0 Å². The molecule has 0 aromatic rings. The van der Waals surface area contributed by atoms with Crippen molar-refractivity contribution in [2.45, 2.75) is 39.2 Å². The number of carbonyl (C=O) groups is 2. The van der Waals surface area contributed by atoms with Gasteiger partial charge in [-0.3, -0.25) is 4.79 Å². The predicted octanol–water partition coefficient (Wildman–Crippen LogP) is 1.35. The molecule has 0 radical (unpaired) electrons. The average Bonchev–Trinajstić information content (AvgIpc) is 2.08. The third-order valence-electron chi connectivity index (χ3n) is 3.56. The summed E-state index contributed by atoms with van der Waals surface area (Å²) in [6, 6.07) is 0. The van der Waals surface area contributed by atoms with Crippen molar-refractivity contribution in [3.05, 3.63) is 0 Å². The largest absolute Gasteiger partial charge is 0.479 e. The lowest BCUT2D eigenvalue weighted by molar-refractivity contribution is -0.167. The molecule has 1 saturated carbocycles. The van der Waals surface area contributed by atoms with E-state index in [9.17, 15) is 14.7 Å². The first-order chi connectivity index (χ1) is 6.97. The fourth-order valence-corrected chi connectivity index (χ4v) is 2.29. The van der Waals surface area contributed by atoms with Gasteiger partial charge in [0.1, 0.15) is 5.54 Å². The molecule has 4 nitrogen and oxygen atoms in total. The number of nitrogens with zero attached hydrogens (tertiary/aromatic N) is 1. The molecule has 0 aromatic heterocycles. The number of carboxylic acid groups (broad SMARTS) is 1. The van der Waals surface area contributed by atoms with Gasteiger partial charge in [0.15, 0.2) is 0 Å². The predicted molar refractivity (Wildman–Crippen MR) is 56.4 cm³/mol. The number of hydrogen-bond acceptors (Lipinski definition) is 2. The maximum atomic E-state index is 11.2. The molecule has 0 spiro atoms. The highest BCUT2D eigenvalue weighted by atomic mass is 16.4. The zero-order valence-electron chi connectivity index (χ0n) is 9.56. The van der Waals surface area contributed by atoms with Crippen molar-refractivity contribution in [2.24, 2.45) is 11.8 Å². The Labute approximate surface area is 90.3 Å². The number of carbonyl (C=O) groups excluding carboxylic acids is 1. The summed E-state index contributed by atoms with van der Waals surface area (Å²) >= 11 is 0. The number of hydrogen-bond donors (Lipinski definition) is 1. The smallest absolute Gasteiger partial charge is 0.329 e. The third-order valence-corrected chi connectivity index (χ3v) is 3.56. The molecule has 0 aromatic carbocycles. The van der Waals surface area contributed by atoms with Crippen LogP contribution in [0.25, 0.3) is 0 Å². The maximum absolute atomic E-state index is 11.2. The van der Waals surface area contributed by atoms with E-state index in [4.69, 9.17) is 0 Å². The highest BCUT2D eigenvalue weighted by molar-refractivity contribution is 5.82. The molecule has 0 unspecified atom stereocenters. The minimum atomic E-state index is -0.925. The Kier molecular flexibility index (Phi) is 3.37. The van der Waals surface area contributed by atoms with Crippen LogP contribution in [0, 0.1) is 11.8 Å². The van der Waals surface area contributed by atoms with Gasteiger partial charge in [0.25, 0.3) is 0 Å². The fraction of sp³-hybridized carbons (Fsp3) is 0.818. The molecule has 0 saturated heterocycles. The zero-order chi connectivity index (χ0) is 11.6. The summed E-state index contributed by atoms with van der Waals surface area (Å²) in [5.74, 6) is 0.0475. The monoisotopic (exact) mass is 213 g/mol. The Morgan fingerprint density at radius 1 is 1.60 bits per heavy atom. The van der Waals surface area contributed by atoms with Gasteiger partial charge in [-0.05, 0) is 31.6 Å². The summed E-state index contributed by atoms with van der Waals surface area (Å²) in [6.07, 6.45) is 1.84. The minimum Gasteiger partial charge on any atom is -0.479 e. The van der Waals surface area contributed by atoms with Crippen molar-refractivity contribution in [3.63, 3.8) is 0 Å². The summed E-state index contributed by atoms with van der Waals surface area (Å²) < 4.78 is 0.